The van der Waals surface area contributed by atoms with Crippen LogP contribution in [0.25, 0.3) is 0 Å². The summed E-state index contributed by atoms with van der Waals surface area (Å²) in [6.45, 7) is 0. The van der Waals surface area contributed by atoms with E-state index in [1.54, 1.807) is 0 Å². The molecule has 19 heavy (non-hydrogen) atoms. The third kappa shape index (κ3) is 3.32. The van der Waals surface area contributed by atoms with Crippen LogP contribution in [0.2, 0.25) is 0 Å². The summed E-state index contributed by atoms with van der Waals surface area (Å²) >= 11 is 0. The fraction of sp³-hybridized carbons (Fsp3) is 0.538. The summed E-state index contributed by atoms with van der Waals surface area (Å²) in [7, 11) is 1.47. The van der Waals surface area contributed by atoms with Crippen molar-refractivity contribution in [3.8, 4) is 11.5 Å². The number of methoxy groups -OCH3 is 1. The second-order valence-electron chi connectivity index (χ2n) is 4.67. The first-order valence-corrected chi connectivity index (χ1v) is 6.10. The third-order valence-corrected chi connectivity index (χ3v) is 3.45. The average molecular weight is 275 g/mol. The molecule has 3 nitrogen and oxygen atoms in total. The lowest BCUT2D eigenvalue weighted by Crippen LogP contribution is -2.27. The lowest BCUT2D eigenvalue weighted by molar-refractivity contribution is -0.274. The standard InChI is InChI=1S/C13H16F3NO2/c1-18-11-6-5-9(19-13(14,15)16)7-10(11)12(17)8-3-2-4-8/h5-8,12H,2-4,17H2,1H3/t12-/m1/s1. The first kappa shape index (κ1) is 14.0. The summed E-state index contributed by atoms with van der Waals surface area (Å²) in [5.41, 5.74) is 6.66. The predicted octanol–water partition coefficient (Wildman–Crippen LogP) is 3.39. The van der Waals surface area contributed by atoms with Gasteiger partial charge < -0.3 is 15.2 Å². The van der Waals surface area contributed by atoms with Gasteiger partial charge in [-0.05, 0) is 37.0 Å². The van der Waals surface area contributed by atoms with Gasteiger partial charge in [-0.15, -0.1) is 13.2 Å². The minimum Gasteiger partial charge on any atom is -0.496 e. The van der Waals surface area contributed by atoms with E-state index in [-0.39, 0.29) is 11.8 Å². The summed E-state index contributed by atoms with van der Waals surface area (Å²) in [5, 5.41) is 0. The van der Waals surface area contributed by atoms with Crippen LogP contribution in [0.1, 0.15) is 30.9 Å². The number of ether oxygens (including phenoxy) is 2. The quantitative estimate of drug-likeness (QED) is 0.916. The fourth-order valence-corrected chi connectivity index (χ4v) is 2.22. The van der Waals surface area contributed by atoms with Crippen molar-refractivity contribution < 1.29 is 22.6 Å². The van der Waals surface area contributed by atoms with Crippen molar-refractivity contribution in [1.82, 2.24) is 0 Å². The van der Waals surface area contributed by atoms with E-state index in [0.717, 1.165) is 19.3 Å². The van der Waals surface area contributed by atoms with Gasteiger partial charge in [-0.2, -0.15) is 0 Å². The van der Waals surface area contributed by atoms with Gasteiger partial charge in [0.25, 0.3) is 0 Å². The highest BCUT2D eigenvalue weighted by Gasteiger charge is 2.32. The number of alkyl halides is 3. The Hall–Kier alpha value is -1.43. The van der Waals surface area contributed by atoms with Crippen molar-refractivity contribution in [2.45, 2.75) is 31.7 Å². The number of benzene rings is 1. The van der Waals surface area contributed by atoms with Crippen LogP contribution in [0.5, 0.6) is 11.5 Å². The second-order valence-corrected chi connectivity index (χ2v) is 4.67. The smallest absolute Gasteiger partial charge is 0.496 e. The zero-order valence-corrected chi connectivity index (χ0v) is 10.5. The lowest BCUT2D eigenvalue weighted by atomic mass is 9.77. The first-order valence-electron chi connectivity index (χ1n) is 6.10. The Kier molecular flexibility index (Phi) is 3.89. The maximum atomic E-state index is 12.2. The average Bonchev–Trinajstić information content (AvgIpc) is 2.24. The molecule has 0 radical (unpaired) electrons. The molecule has 0 aromatic heterocycles. The van der Waals surface area contributed by atoms with Crippen LogP contribution in [0, 0.1) is 5.92 Å². The Morgan fingerprint density at radius 1 is 1.32 bits per heavy atom. The Bertz CT molecular complexity index is 444. The molecule has 0 aliphatic heterocycles. The summed E-state index contributed by atoms with van der Waals surface area (Å²) in [4.78, 5) is 0. The maximum absolute atomic E-state index is 12.2. The molecule has 0 unspecified atom stereocenters. The van der Waals surface area contributed by atoms with Crippen molar-refractivity contribution >= 4 is 0 Å². The highest BCUT2D eigenvalue weighted by molar-refractivity contribution is 5.42. The molecule has 6 heteroatoms. The number of rotatable bonds is 4. The Balaban J connectivity index is 2.25. The highest BCUT2D eigenvalue weighted by atomic mass is 19.4. The first-order chi connectivity index (χ1) is 8.90. The summed E-state index contributed by atoms with van der Waals surface area (Å²) in [6.07, 6.45) is -1.60. The van der Waals surface area contributed by atoms with Crippen molar-refractivity contribution in [3.05, 3.63) is 23.8 Å². The Morgan fingerprint density at radius 2 is 2.00 bits per heavy atom. The predicted molar refractivity (Wildman–Crippen MR) is 63.9 cm³/mol. The minimum absolute atomic E-state index is 0.266. The van der Waals surface area contributed by atoms with E-state index < -0.39 is 6.36 Å². The normalized spacial score (nSPS) is 17.7. The van der Waals surface area contributed by atoms with Gasteiger partial charge in [-0.25, -0.2) is 0 Å². The molecule has 2 N–H and O–H groups in total. The van der Waals surface area contributed by atoms with E-state index in [9.17, 15) is 13.2 Å². The molecule has 0 amide bonds. The summed E-state index contributed by atoms with van der Waals surface area (Å²) in [6, 6.07) is 3.67. The van der Waals surface area contributed by atoms with Gasteiger partial charge in [-0.3, -0.25) is 0 Å². The van der Waals surface area contributed by atoms with Gasteiger partial charge in [0.15, 0.2) is 0 Å². The molecule has 0 spiro atoms. The van der Waals surface area contributed by atoms with Crippen LogP contribution in [0.15, 0.2) is 18.2 Å². The topological polar surface area (TPSA) is 44.5 Å². The van der Waals surface area contributed by atoms with Gasteiger partial charge in [-0.1, -0.05) is 6.42 Å². The highest BCUT2D eigenvalue weighted by Crippen LogP contribution is 2.40. The van der Waals surface area contributed by atoms with Gasteiger partial charge >= 0.3 is 6.36 Å². The number of hydrogen-bond donors (Lipinski definition) is 1. The van der Waals surface area contributed by atoms with Crippen LogP contribution in [0.4, 0.5) is 13.2 Å². The molecule has 1 fully saturated rings. The van der Waals surface area contributed by atoms with Crippen LogP contribution in [-0.4, -0.2) is 13.5 Å². The number of hydrogen-bond acceptors (Lipinski definition) is 3. The van der Waals surface area contributed by atoms with Gasteiger partial charge in [0, 0.05) is 11.6 Å². The van der Waals surface area contributed by atoms with Crippen LogP contribution in [-0.2, 0) is 0 Å². The zero-order chi connectivity index (χ0) is 14.0. The van der Waals surface area contributed by atoms with Crippen molar-refractivity contribution in [1.29, 1.82) is 0 Å². The van der Waals surface area contributed by atoms with Crippen molar-refractivity contribution in [2.24, 2.45) is 11.7 Å². The molecule has 1 atom stereocenters. The van der Waals surface area contributed by atoms with E-state index in [0.29, 0.717) is 17.2 Å². The number of halogens is 3. The molecule has 0 bridgehead atoms. The molecule has 1 aliphatic carbocycles. The maximum Gasteiger partial charge on any atom is 0.573 e. The fourth-order valence-electron chi connectivity index (χ4n) is 2.22. The van der Waals surface area contributed by atoms with Crippen LogP contribution >= 0.6 is 0 Å². The van der Waals surface area contributed by atoms with Gasteiger partial charge in [0.1, 0.15) is 11.5 Å². The Morgan fingerprint density at radius 3 is 2.47 bits per heavy atom. The molecular formula is C13H16F3NO2. The van der Waals surface area contributed by atoms with E-state index in [1.165, 1.54) is 25.3 Å². The molecule has 1 aromatic carbocycles. The minimum atomic E-state index is -4.70. The van der Waals surface area contributed by atoms with Gasteiger partial charge in [0.05, 0.1) is 7.11 Å². The third-order valence-electron chi connectivity index (χ3n) is 3.45. The number of nitrogens with two attached hydrogens (primary N) is 1. The van der Waals surface area contributed by atoms with E-state index in [2.05, 4.69) is 4.74 Å². The SMILES string of the molecule is COc1ccc(OC(F)(F)F)cc1[C@H](N)C1CCC1. The second kappa shape index (κ2) is 5.28. The van der Waals surface area contributed by atoms with E-state index >= 15 is 0 Å². The molecule has 0 heterocycles. The van der Waals surface area contributed by atoms with Gasteiger partial charge in [0.2, 0.25) is 0 Å². The molecule has 0 saturated heterocycles. The van der Waals surface area contributed by atoms with Crippen molar-refractivity contribution in [3.63, 3.8) is 0 Å². The lowest BCUT2D eigenvalue weighted by Gasteiger charge is -2.32. The molecule has 1 aliphatic rings. The van der Waals surface area contributed by atoms with E-state index in [4.69, 9.17) is 10.5 Å². The summed E-state index contributed by atoms with van der Waals surface area (Å²) < 4.78 is 45.7. The molecule has 106 valence electrons. The van der Waals surface area contributed by atoms with Crippen LogP contribution < -0.4 is 15.2 Å². The molecular weight excluding hydrogens is 259 g/mol. The molecule has 1 saturated carbocycles. The zero-order valence-electron chi connectivity index (χ0n) is 10.5. The van der Waals surface area contributed by atoms with Crippen molar-refractivity contribution in [2.75, 3.05) is 7.11 Å². The largest absolute Gasteiger partial charge is 0.573 e. The van der Waals surface area contributed by atoms with E-state index in [1.807, 2.05) is 0 Å². The summed E-state index contributed by atoms with van der Waals surface area (Å²) in [5.74, 6) is 0.530. The monoisotopic (exact) mass is 275 g/mol. The Labute approximate surface area is 109 Å². The molecule has 1 aromatic rings. The van der Waals surface area contributed by atoms with Crippen LogP contribution in [0.3, 0.4) is 0 Å². The molecule has 2 rings (SSSR count).